The Morgan fingerprint density at radius 3 is 2.55 bits per heavy atom. The predicted molar refractivity (Wildman–Crippen MR) is 131 cm³/mol. The fraction of sp³-hybridized carbons (Fsp3) is 0.143. The van der Waals surface area contributed by atoms with Gasteiger partial charge in [0.15, 0.2) is 5.82 Å². The fourth-order valence-corrected chi connectivity index (χ4v) is 3.70. The van der Waals surface area contributed by atoms with Crippen LogP contribution in [0.3, 0.4) is 0 Å². The Hall–Kier alpha value is -3.46. The van der Waals surface area contributed by atoms with Crippen LogP contribution < -0.4 is 20.5 Å². The highest BCUT2D eigenvalue weighted by molar-refractivity contribution is 7.52. The number of halogens is 1. The highest BCUT2D eigenvalue weighted by atomic mass is 35.5. The zero-order valence-electron chi connectivity index (χ0n) is 18.1. The Balaban J connectivity index is 1.62. The van der Waals surface area contributed by atoms with E-state index in [0.717, 1.165) is 16.9 Å². The summed E-state index contributed by atoms with van der Waals surface area (Å²) in [6.45, 7) is 3.68. The van der Waals surface area contributed by atoms with Crippen molar-refractivity contribution in [3.05, 3.63) is 65.8 Å². The number of ether oxygens (including phenoxy) is 1. The molecule has 2 aromatic heterocycles. The van der Waals surface area contributed by atoms with E-state index in [4.69, 9.17) is 16.3 Å². The second kappa shape index (κ2) is 9.99. The number of aryl methyl sites for hydroxylation is 1. The van der Waals surface area contributed by atoms with Gasteiger partial charge < -0.3 is 25.4 Å². The number of rotatable bonds is 8. The van der Waals surface area contributed by atoms with Gasteiger partial charge in [0.2, 0.25) is 5.95 Å². The summed E-state index contributed by atoms with van der Waals surface area (Å²) in [5.74, 6) is 1.43. The number of anilines is 5. The van der Waals surface area contributed by atoms with Gasteiger partial charge in [-0.2, -0.15) is 4.98 Å². The van der Waals surface area contributed by atoms with Gasteiger partial charge in [-0.05, 0) is 43.4 Å². The van der Waals surface area contributed by atoms with Crippen molar-refractivity contribution in [1.29, 1.82) is 0 Å². The van der Waals surface area contributed by atoms with E-state index in [-0.39, 0.29) is 0 Å². The molecule has 4 aromatic rings. The van der Waals surface area contributed by atoms with E-state index in [1.165, 1.54) is 6.20 Å². The molecule has 12 heteroatoms. The van der Waals surface area contributed by atoms with E-state index < -0.39 is 8.30 Å². The predicted octanol–water partition coefficient (Wildman–Crippen LogP) is 4.86. The van der Waals surface area contributed by atoms with E-state index in [1.807, 2.05) is 35.8 Å². The second-order valence-corrected chi connectivity index (χ2v) is 8.73. The first-order chi connectivity index (χ1) is 15.9. The van der Waals surface area contributed by atoms with Gasteiger partial charge in [-0.3, -0.25) is 4.57 Å². The summed E-state index contributed by atoms with van der Waals surface area (Å²) in [5, 5.41) is 17.5. The molecule has 0 aliphatic carbocycles. The molecule has 0 bridgehead atoms. The summed E-state index contributed by atoms with van der Waals surface area (Å²) in [6.07, 6.45) is 4.78. The van der Waals surface area contributed by atoms with Gasteiger partial charge >= 0.3 is 0 Å². The molecule has 2 aromatic carbocycles. The van der Waals surface area contributed by atoms with Crippen molar-refractivity contribution in [3.8, 4) is 11.4 Å². The first-order valence-corrected chi connectivity index (χ1v) is 11.9. The van der Waals surface area contributed by atoms with Crippen molar-refractivity contribution < 1.29 is 9.63 Å². The van der Waals surface area contributed by atoms with Crippen LogP contribution in [0.5, 0.6) is 5.75 Å². The van der Waals surface area contributed by atoms with Crippen LogP contribution in [0.2, 0.25) is 5.02 Å². The molecule has 170 valence electrons. The molecule has 4 rings (SSSR count). The number of hydrogen-bond donors (Lipinski definition) is 4. The smallest absolute Gasteiger partial charge is 0.229 e. The van der Waals surface area contributed by atoms with Crippen LogP contribution in [-0.2, 0) is 0 Å². The lowest BCUT2D eigenvalue weighted by Gasteiger charge is -2.17. The Kier molecular flexibility index (Phi) is 6.88. The topological polar surface area (TPSA) is 122 Å². The average molecular weight is 485 g/mol. The zero-order valence-corrected chi connectivity index (χ0v) is 19.8. The molecule has 10 nitrogen and oxygen atoms in total. The van der Waals surface area contributed by atoms with Gasteiger partial charge in [0, 0.05) is 11.8 Å². The van der Waals surface area contributed by atoms with Crippen LogP contribution in [-0.4, -0.2) is 43.4 Å². The van der Waals surface area contributed by atoms with Crippen molar-refractivity contribution in [2.24, 2.45) is 0 Å². The SMILES string of the molecule is COc1ccc(Nc2nc(Nc3cc(-n4cnnc4)ccc3C)ncc2Cl)c(NP(C)O)c1. The zero-order chi connectivity index (χ0) is 23.4. The number of hydrogen-bond acceptors (Lipinski definition) is 9. The Morgan fingerprint density at radius 2 is 1.82 bits per heavy atom. The molecule has 0 saturated carbocycles. The molecule has 0 fully saturated rings. The van der Waals surface area contributed by atoms with Crippen LogP contribution in [0.1, 0.15) is 5.56 Å². The summed E-state index contributed by atoms with van der Waals surface area (Å²) < 4.78 is 7.09. The van der Waals surface area contributed by atoms with Crippen LogP contribution in [0.4, 0.5) is 28.8 Å². The lowest BCUT2D eigenvalue weighted by Crippen LogP contribution is -2.04. The standard InChI is InChI=1S/C21H22ClN8O2P/c1-13-4-5-14(30-11-24-25-12-30)8-18(13)27-21-23-10-16(22)20(28-21)26-17-7-6-15(32-2)9-19(17)29-33(3)31/h4-12,29,31H,1-3H3,(H2,23,26,27,28). The van der Waals surface area contributed by atoms with Gasteiger partial charge in [0.05, 0.1) is 30.4 Å². The second-order valence-electron chi connectivity index (χ2n) is 7.06. The highest BCUT2D eigenvalue weighted by Crippen LogP contribution is 2.37. The van der Waals surface area contributed by atoms with Crippen LogP contribution in [0.15, 0.2) is 55.2 Å². The lowest BCUT2D eigenvalue weighted by atomic mass is 10.2. The summed E-state index contributed by atoms with van der Waals surface area (Å²) in [4.78, 5) is 18.7. The van der Waals surface area contributed by atoms with Crippen molar-refractivity contribution >= 4 is 48.7 Å². The van der Waals surface area contributed by atoms with Crippen LogP contribution >= 0.6 is 19.9 Å². The van der Waals surface area contributed by atoms with Gasteiger partial charge in [-0.15, -0.1) is 10.2 Å². The van der Waals surface area contributed by atoms with Gasteiger partial charge in [-0.1, -0.05) is 17.7 Å². The van der Waals surface area contributed by atoms with E-state index in [9.17, 15) is 4.89 Å². The van der Waals surface area contributed by atoms with Crippen molar-refractivity contribution in [2.45, 2.75) is 6.92 Å². The average Bonchev–Trinajstić information content (AvgIpc) is 3.33. The minimum atomic E-state index is -1.39. The molecule has 33 heavy (non-hydrogen) atoms. The van der Waals surface area contributed by atoms with Gasteiger partial charge in [0.25, 0.3) is 0 Å². The summed E-state index contributed by atoms with van der Waals surface area (Å²) in [6, 6.07) is 11.3. The summed E-state index contributed by atoms with van der Waals surface area (Å²) in [7, 11) is 0.194. The first kappa shape index (κ1) is 22.7. The fourth-order valence-electron chi connectivity index (χ4n) is 3.03. The van der Waals surface area contributed by atoms with Crippen LogP contribution in [0, 0.1) is 6.92 Å². The number of methoxy groups -OCH3 is 1. The monoisotopic (exact) mass is 484 g/mol. The van der Waals surface area contributed by atoms with Gasteiger partial charge in [0.1, 0.15) is 31.7 Å². The van der Waals surface area contributed by atoms with Crippen molar-refractivity contribution in [1.82, 2.24) is 24.7 Å². The maximum Gasteiger partial charge on any atom is 0.229 e. The molecule has 1 atom stereocenters. The van der Waals surface area contributed by atoms with Crippen molar-refractivity contribution in [2.75, 3.05) is 29.5 Å². The minimum absolute atomic E-state index is 0.347. The third-order valence-corrected chi connectivity index (χ3v) is 5.53. The van der Waals surface area contributed by atoms with E-state index >= 15 is 0 Å². The molecular weight excluding hydrogens is 463 g/mol. The number of benzene rings is 2. The van der Waals surface area contributed by atoms with E-state index in [2.05, 4.69) is 35.9 Å². The normalized spacial score (nSPS) is 11.7. The molecule has 2 heterocycles. The molecule has 0 radical (unpaired) electrons. The maximum absolute atomic E-state index is 9.85. The van der Waals surface area contributed by atoms with E-state index in [1.54, 1.807) is 38.6 Å². The van der Waals surface area contributed by atoms with Crippen LogP contribution in [0.25, 0.3) is 5.69 Å². The molecule has 4 N–H and O–H groups in total. The number of nitrogens with one attached hydrogen (secondary N) is 3. The highest BCUT2D eigenvalue weighted by Gasteiger charge is 2.12. The lowest BCUT2D eigenvalue weighted by molar-refractivity contribution is 0.415. The third-order valence-electron chi connectivity index (χ3n) is 4.69. The quantitative estimate of drug-likeness (QED) is 0.260. The van der Waals surface area contributed by atoms with Gasteiger partial charge in [-0.25, -0.2) is 4.98 Å². The molecule has 0 aliphatic heterocycles. The Morgan fingerprint density at radius 1 is 1.03 bits per heavy atom. The summed E-state index contributed by atoms with van der Waals surface area (Å²) >= 11 is 6.37. The molecule has 1 unspecified atom stereocenters. The first-order valence-electron chi connectivity index (χ1n) is 9.82. The molecule has 0 saturated heterocycles. The molecular formula is C21H22ClN8O2P. The molecule has 0 aliphatic rings. The minimum Gasteiger partial charge on any atom is -0.497 e. The maximum atomic E-state index is 9.85. The number of nitrogens with zero attached hydrogens (tertiary/aromatic N) is 5. The van der Waals surface area contributed by atoms with E-state index in [0.29, 0.717) is 33.9 Å². The largest absolute Gasteiger partial charge is 0.497 e. The van der Waals surface area contributed by atoms with Crippen molar-refractivity contribution in [3.63, 3.8) is 0 Å². The third kappa shape index (κ3) is 5.48. The summed E-state index contributed by atoms with van der Waals surface area (Å²) in [5.41, 5.74) is 4.08. The molecule has 0 spiro atoms. The number of aromatic nitrogens is 5. The Bertz CT molecular complexity index is 1250. The molecule has 0 amide bonds. The Labute approximate surface area is 196 Å².